The maximum atomic E-state index is 10.9. The number of rotatable bonds is 7. The van der Waals surface area contributed by atoms with Crippen molar-refractivity contribution < 1.29 is 9.53 Å². The molecule has 0 heterocycles. The molecule has 1 radical (unpaired) electrons. The van der Waals surface area contributed by atoms with Gasteiger partial charge < -0.3 is 10.1 Å². The van der Waals surface area contributed by atoms with Crippen LogP contribution in [0.4, 0.5) is 0 Å². The number of allylic oxidation sites excluding steroid dienone is 1. The number of carbonyl (C=O) groups is 1. The van der Waals surface area contributed by atoms with Gasteiger partial charge in [0.1, 0.15) is 0 Å². The predicted molar refractivity (Wildman–Crippen MR) is 53.2 cm³/mol. The molecule has 0 aromatic carbocycles. The maximum absolute atomic E-state index is 10.9. The number of ether oxygens (including phenoxy) is 1. The molecule has 13 heavy (non-hydrogen) atoms. The van der Waals surface area contributed by atoms with E-state index in [9.17, 15) is 4.79 Å². The van der Waals surface area contributed by atoms with E-state index in [2.05, 4.69) is 12.2 Å². The standard InChI is InChI=1S/C10H18NO2/c1-3-6-10(12)11-7-5-9-13-8-4-2/h3,6H,2,4-5,7-9H2,1H3,(H,11,12). The quantitative estimate of drug-likeness (QED) is 0.478. The number of hydrogen-bond donors (Lipinski definition) is 1. The average Bonchev–Trinajstić information content (AvgIpc) is 2.11. The Kier molecular flexibility index (Phi) is 8.67. The van der Waals surface area contributed by atoms with Gasteiger partial charge in [-0.1, -0.05) is 13.0 Å². The van der Waals surface area contributed by atoms with Crippen LogP contribution in [0.25, 0.3) is 0 Å². The highest BCUT2D eigenvalue weighted by molar-refractivity contribution is 5.87. The maximum Gasteiger partial charge on any atom is 0.243 e. The molecule has 3 nitrogen and oxygen atoms in total. The van der Waals surface area contributed by atoms with Gasteiger partial charge in [-0.2, -0.15) is 0 Å². The summed E-state index contributed by atoms with van der Waals surface area (Å²) in [6.07, 6.45) is 4.87. The summed E-state index contributed by atoms with van der Waals surface area (Å²) < 4.78 is 5.19. The lowest BCUT2D eigenvalue weighted by Crippen LogP contribution is -2.23. The SMILES string of the molecule is [CH2]CCOCCCNC(=O)C=CC. The molecule has 0 aromatic rings. The van der Waals surface area contributed by atoms with E-state index in [0.29, 0.717) is 19.8 Å². The van der Waals surface area contributed by atoms with Gasteiger partial charge in [0.15, 0.2) is 0 Å². The van der Waals surface area contributed by atoms with Gasteiger partial charge in [0.25, 0.3) is 0 Å². The summed E-state index contributed by atoms with van der Waals surface area (Å²) in [6, 6.07) is 0. The van der Waals surface area contributed by atoms with Crippen molar-refractivity contribution in [3.63, 3.8) is 0 Å². The zero-order valence-electron chi connectivity index (χ0n) is 8.21. The van der Waals surface area contributed by atoms with Crippen molar-refractivity contribution in [2.45, 2.75) is 19.8 Å². The molecule has 0 aliphatic rings. The lowest BCUT2D eigenvalue weighted by atomic mass is 10.4. The van der Waals surface area contributed by atoms with Crippen LogP contribution in [0.1, 0.15) is 19.8 Å². The Bertz CT molecular complexity index is 155. The summed E-state index contributed by atoms with van der Waals surface area (Å²) in [5.41, 5.74) is 0. The molecule has 1 N–H and O–H groups in total. The molecule has 0 aromatic heterocycles. The van der Waals surface area contributed by atoms with Gasteiger partial charge in [0.2, 0.25) is 5.91 Å². The monoisotopic (exact) mass is 184 g/mol. The molecule has 75 valence electrons. The highest BCUT2D eigenvalue weighted by Crippen LogP contribution is 1.83. The Labute approximate surface area is 80.2 Å². The molecular formula is C10H18NO2. The number of carbonyl (C=O) groups excluding carboxylic acids is 1. The topological polar surface area (TPSA) is 38.3 Å². The van der Waals surface area contributed by atoms with E-state index in [4.69, 9.17) is 4.74 Å². The lowest BCUT2D eigenvalue weighted by molar-refractivity contribution is -0.116. The predicted octanol–water partition coefficient (Wildman–Crippen LogP) is 1.31. The van der Waals surface area contributed by atoms with E-state index in [-0.39, 0.29) is 5.91 Å². The minimum absolute atomic E-state index is 0.0420. The number of hydrogen-bond acceptors (Lipinski definition) is 2. The fourth-order valence-electron chi connectivity index (χ4n) is 0.800. The van der Waals surface area contributed by atoms with Crippen LogP contribution in [-0.4, -0.2) is 25.7 Å². The average molecular weight is 184 g/mol. The van der Waals surface area contributed by atoms with Crippen LogP contribution in [0.5, 0.6) is 0 Å². The molecule has 0 aliphatic heterocycles. The lowest BCUT2D eigenvalue weighted by Gasteiger charge is -2.02. The minimum atomic E-state index is -0.0420. The molecule has 3 heteroatoms. The first-order valence-electron chi connectivity index (χ1n) is 4.58. The van der Waals surface area contributed by atoms with Crippen molar-refractivity contribution in [3.05, 3.63) is 19.1 Å². The Hall–Kier alpha value is -0.830. The first kappa shape index (κ1) is 12.2. The van der Waals surface area contributed by atoms with Crippen molar-refractivity contribution in [3.8, 4) is 0 Å². The molecule has 0 atom stereocenters. The van der Waals surface area contributed by atoms with Gasteiger partial charge in [-0.25, -0.2) is 0 Å². The number of amides is 1. The Morgan fingerprint density at radius 2 is 2.31 bits per heavy atom. The second kappa shape index (κ2) is 9.26. The largest absolute Gasteiger partial charge is 0.381 e. The van der Waals surface area contributed by atoms with Gasteiger partial charge in [-0.3, -0.25) is 4.79 Å². The van der Waals surface area contributed by atoms with Crippen molar-refractivity contribution in [1.29, 1.82) is 0 Å². The smallest absolute Gasteiger partial charge is 0.243 e. The molecule has 0 saturated heterocycles. The fraction of sp³-hybridized carbons (Fsp3) is 0.600. The Morgan fingerprint density at radius 3 is 2.92 bits per heavy atom. The molecule has 0 bridgehead atoms. The summed E-state index contributed by atoms with van der Waals surface area (Å²) in [5.74, 6) is -0.0420. The molecule has 1 amide bonds. The highest BCUT2D eigenvalue weighted by atomic mass is 16.5. The van der Waals surface area contributed by atoms with Gasteiger partial charge in [0.05, 0.1) is 0 Å². The zero-order valence-corrected chi connectivity index (χ0v) is 8.21. The van der Waals surface area contributed by atoms with Gasteiger partial charge in [0, 0.05) is 19.8 Å². The van der Waals surface area contributed by atoms with Crippen LogP contribution in [-0.2, 0) is 9.53 Å². The third-order valence-electron chi connectivity index (χ3n) is 1.37. The van der Waals surface area contributed by atoms with E-state index in [1.807, 2.05) is 6.92 Å². The third-order valence-corrected chi connectivity index (χ3v) is 1.37. The molecule has 0 aliphatic carbocycles. The summed E-state index contributed by atoms with van der Waals surface area (Å²) >= 11 is 0. The van der Waals surface area contributed by atoms with Crippen molar-refractivity contribution in [2.75, 3.05) is 19.8 Å². The number of nitrogens with one attached hydrogen (secondary N) is 1. The second-order valence-electron chi connectivity index (χ2n) is 2.61. The van der Waals surface area contributed by atoms with E-state index < -0.39 is 0 Å². The fourth-order valence-corrected chi connectivity index (χ4v) is 0.800. The van der Waals surface area contributed by atoms with Crippen LogP contribution in [0.15, 0.2) is 12.2 Å². The Balaban J connectivity index is 3.11. The first-order valence-corrected chi connectivity index (χ1v) is 4.58. The molecule has 0 fully saturated rings. The highest BCUT2D eigenvalue weighted by Gasteiger charge is 1.92. The van der Waals surface area contributed by atoms with Gasteiger partial charge in [-0.05, 0) is 25.8 Å². The summed E-state index contributed by atoms with van der Waals surface area (Å²) in [4.78, 5) is 10.9. The van der Waals surface area contributed by atoms with Crippen molar-refractivity contribution in [1.82, 2.24) is 5.32 Å². The van der Waals surface area contributed by atoms with Crippen molar-refractivity contribution >= 4 is 5.91 Å². The van der Waals surface area contributed by atoms with Crippen LogP contribution < -0.4 is 5.32 Å². The molecule has 0 saturated carbocycles. The van der Waals surface area contributed by atoms with Crippen LogP contribution in [0, 0.1) is 6.92 Å². The molecule has 0 unspecified atom stereocenters. The van der Waals surface area contributed by atoms with Crippen LogP contribution >= 0.6 is 0 Å². The summed E-state index contributed by atoms with van der Waals surface area (Å²) in [6.45, 7) is 7.52. The van der Waals surface area contributed by atoms with Crippen molar-refractivity contribution in [2.24, 2.45) is 0 Å². The van der Waals surface area contributed by atoms with E-state index >= 15 is 0 Å². The first-order chi connectivity index (χ1) is 6.31. The minimum Gasteiger partial charge on any atom is -0.381 e. The van der Waals surface area contributed by atoms with Crippen LogP contribution in [0.2, 0.25) is 0 Å². The van der Waals surface area contributed by atoms with E-state index in [0.717, 1.165) is 12.8 Å². The molecular weight excluding hydrogens is 166 g/mol. The summed E-state index contributed by atoms with van der Waals surface area (Å²) in [5, 5.41) is 2.74. The molecule has 0 rings (SSSR count). The normalized spacial score (nSPS) is 10.6. The molecule has 0 spiro atoms. The summed E-state index contributed by atoms with van der Waals surface area (Å²) in [7, 11) is 0. The van der Waals surface area contributed by atoms with E-state index in [1.165, 1.54) is 6.08 Å². The Morgan fingerprint density at radius 1 is 1.54 bits per heavy atom. The second-order valence-corrected chi connectivity index (χ2v) is 2.61. The zero-order chi connectivity index (χ0) is 9.94. The van der Waals surface area contributed by atoms with Gasteiger partial charge in [-0.15, -0.1) is 0 Å². The van der Waals surface area contributed by atoms with Crippen LogP contribution in [0.3, 0.4) is 0 Å². The third kappa shape index (κ3) is 9.08. The van der Waals surface area contributed by atoms with E-state index in [1.54, 1.807) is 6.08 Å². The van der Waals surface area contributed by atoms with Gasteiger partial charge >= 0.3 is 0 Å².